The van der Waals surface area contributed by atoms with Crippen molar-refractivity contribution in [3.8, 4) is 0 Å². The van der Waals surface area contributed by atoms with E-state index in [1.807, 2.05) is 6.07 Å². The average Bonchev–Trinajstić information content (AvgIpc) is 2.50. The lowest BCUT2D eigenvalue weighted by Gasteiger charge is -2.28. The topological polar surface area (TPSA) is 17.1 Å². The zero-order valence-corrected chi connectivity index (χ0v) is 13.7. The van der Waals surface area contributed by atoms with Gasteiger partial charge in [-0.1, -0.05) is 71.4 Å². The van der Waals surface area contributed by atoms with Crippen LogP contribution in [0.5, 0.6) is 0 Å². The summed E-state index contributed by atoms with van der Waals surface area (Å²) in [6.07, 6.45) is 3.10. The number of benzene rings is 1. The van der Waals surface area contributed by atoms with Gasteiger partial charge < -0.3 is 0 Å². The number of ketones is 1. The molecule has 1 aromatic carbocycles. The first-order chi connectivity index (χ1) is 9.51. The molecular formula is C19H30O. The number of carbonyl (C=O) groups excluding carboxylic acids is 1. The molecular weight excluding hydrogens is 244 g/mol. The van der Waals surface area contributed by atoms with Crippen LogP contribution >= 0.6 is 0 Å². The normalized spacial score (nSPS) is 17.2. The van der Waals surface area contributed by atoms with Crippen molar-refractivity contribution in [2.45, 2.75) is 59.8 Å². The lowest BCUT2D eigenvalue weighted by Crippen LogP contribution is -2.27. The Balaban J connectivity index is 2.94. The molecule has 1 unspecified atom stereocenters. The monoisotopic (exact) mass is 274 g/mol. The maximum atomic E-state index is 12.7. The Bertz CT molecular complexity index is 395. The largest absolute Gasteiger partial charge is 0.299 e. The van der Waals surface area contributed by atoms with Gasteiger partial charge in [-0.3, -0.25) is 4.79 Å². The van der Waals surface area contributed by atoms with Crippen LogP contribution in [0.4, 0.5) is 0 Å². The van der Waals surface area contributed by atoms with Gasteiger partial charge >= 0.3 is 0 Å². The van der Waals surface area contributed by atoms with E-state index in [4.69, 9.17) is 0 Å². The van der Waals surface area contributed by atoms with Gasteiger partial charge in [0, 0.05) is 11.8 Å². The Labute approximate surface area is 124 Å². The summed E-state index contributed by atoms with van der Waals surface area (Å²) in [6.45, 7) is 10.9. The van der Waals surface area contributed by atoms with Crippen LogP contribution in [0.25, 0.3) is 0 Å². The highest BCUT2D eigenvalue weighted by Gasteiger charge is 2.29. The van der Waals surface area contributed by atoms with Gasteiger partial charge in [-0.05, 0) is 30.2 Å². The molecule has 0 N–H and O–H groups in total. The van der Waals surface area contributed by atoms with Crippen LogP contribution in [0.3, 0.4) is 0 Å². The molecule has 0 aromatic heterocycles. The molecule has 0 aliphatic carbocycles. The molecule has 0 radical (unpaired) electrons. The summed E-state index contributed by atoms with van der Waals surface area (Å²) in [5.41, 5.74) is 1.29. The first kappa shape index (κ1) is 16.9. The number of carbonyl (C=O) groups is 1. The number of Topliss-reactive ketones (excluding diaryl/α,β-unsaturated/α-hetero) is 1. The van der Waals surface area contributed by atoms with Crippen LogP contribution in [0, 0.1) is 17.8 Å². The molecule has 112 valence electrons. The van der Waals surface area contributed by atoms with Gasteiger partial charge in [-0.2, -0.15) is 0 Å². The summed E-state index contributed by atoms with van der Waals surface area (Å²) in [5, 5.41) is 0. The van der Waals surface area contributed by atoms with Gasteiger partial charge in [0.1, 0.15) is 5.78 Å². The van der Waals surface area contributed by atoms with E-state index in [1.165, 1.54) is 5.56 Å². The summed E-state index contributed by atoms with van der Waals surface area (Å²) >= 11 is 0. The van der Waals surface area contributed by atoms with E-state index in [9.17, 15) is 4.79 Å². The number of hydrogen-bond acceptors (Lipinski definition) is 1. The second kappa shape index (κ2) is 8.24. The lowest BCUT2D eigenvalue weighted by molar-refractivity contribution is -0.127. The van der Waals surface area contributed by atoms with E-state index < -0.39 is 0 Å². The highest BCUT2D eigenvalue weighted by atomic mass is 16.1. The second-order valence-corrected chi connectivity index (χ2v) is 6.27. The Kier molecular flexibility index (Phi) is 6.98. The number of hydrogen-bond donors (Lipinski definition) is 0. The highest BCUT2D eigenvalue weighted by Crippen LogP contribution is 2.33. The SMILES string of the molecule is CC[C@H](C)CC(C(=O)[C@@H](C)CC)[C@H](C)c1ccccc1. The van der Waals surface area contributed by atoms with Crippen molar-refractivity contribution in [2.24, 2.45) is 17.8 Å². The fraction of sp³-hybridized carbons (Fsp3) is 0.632. The van der Waals surface area contributed by atoms with Crippen molar-refractivity contribution >= 4 is 5.78 Å². The third-order valence-corrected chi connectivity index (χ3v) is 4.75. The van der Waals surface area contributed by atoms with Crippen molar-refractivity contribution in [3.63, 3.8) is 0 Å². The lowest BCUT2D eigenvalue weighted by atomic mass is 9.75. The molecule has 0 aliphatic rings. The summed E-state index contributed by atoms with van der Waals surface area (Å²) < 4.78 is 0. The maximum Gasteiger partial charge on any atom is 0.139 e. The van der Waals surface area contributed by atoms with Gasteiger partial charge in [-0.15, -0.1) is 0 Å². The highest BCUT2D eigenvalue weighted by molar-refractivity contribution is 5.84. The van der Waals surface area contributed by atoms with Crippen molar-refractivity contribution in [1.82, 2.24) is 0 Å². The van der Waals surface area contributed by atoms with E-state index >= 15 is 0 Å². The predicted molar refractivity (Wildman–Crippen MR) is 86.9 cm³/mol. The molecule has 0 heterocycles. The zero-order chi connectivity index (χ0) is 15.1. The molecule has 20 heavy (non-hydrogen) atoms. The number of rotatable bonds is 8. The Hall–Kier alpha value is -1.11. The Morgan fingerprint density at radius 1 is 1.00 bits per heavy atom. The molecule has 4 atom stereocenters. The van der Waals surface area contributed by atoms with Gasteiger partial charge in [0.05, 0.1) is 0 Å². The van der Waals surface area contributed by atoms with Crippen LogP contribution < -0.4 is 0 Å². The smallest absolute Gasteiger partial charge is 0.139 e. The Morgan fingerprint density at radius 3 is 2.10 bits per heavy atom. The predicted octanol–water partition coefficient (Wildman–Crippen LogP) is 5.46. The minimum Gasteiger partial charge on any atom is -0.299 e. The summed E-state index contributed by atoms with van der Waals surface area (Å²) in [7, 11) is 0. The van der Waals surface area contributed by atoms with E-state index in [0.717, 1.165) is 19.3 Å². The molecule has 0 spiro atoms. The fourth-order valence-electron chi connectivity index (χ4n) is 2.72. The van der Waals surface area contributed by atoms with E-state index in [1.54, 1.807) is 0 Å². The van der Waals surface area contributed by atoms with Crippen molar-refractivity contribution in [3.05, 3.63) is 35.9 Å². The molecule has 0 bridgehead atoms. The molecule has 0 saturated heterocycles. The molecule has 0 amide bonds. The van der Waals surface area contributed by atoms with Crippen LogP contribution in [-0.4, -0.2) is 5.78 Å². The second-order valence-electron chi connectivity index (χ2n) is 6.27. The van der Waals surface area contributed by atoms with Crippen LogP contribution in [-0.2, 0) is 4.79 Å². The molecule has 1 nitrogen and oxygen atoms in total. The third kappa shape index (κ3) is 4.47. The fourth-order valence-corrected chi connectivity index (χ4v) is 2.72. The first-order valence-electron chi connectivity index (χ1n) is 8.09. The summed E-state index contributed by atoms with van der Waals surface area (Å²) in [4.78, 5) is 12.7. The molecule has 0 fully saturated rings. The third-order valence-electron chi connectivity index (χ3n) is 4.75. The van der Waals surface area contributed by atoms with E-state index in [2.05, 4.69) is 58.9 Å². The minimum atomic E-state index is 0.155. The molecule has 0 saturated carbocycles. The van der Waals surface area contributed by atoms with E-state index in [0.29, 0.717) is 17.6 Å². The standard InChI is InChI=1S/C19H30O/c1-6-14(3)13-18(19(20)15(4)7-2)16(5)17-11-9-8-10-12-17/h8-12,14-16,18H,6-7,13H2,1-5H3/t14-,15-,16+,18?/m0/s1. The van der Waals surface area contributed by atoms with Gasteiger partial charge in [0.25, 0.3) is 0 Å². The quantitative estimate of drug-likeness (QED) is 0.615. The van der Waals surface area contributed by atoms with Crippen molar-refractivity contribution in [2.75, 3.05) is 0 Å². The minimum absolute atomic E-state index is 0.155. The van der Waals surface area contributed by atoms with E-state index in [-0.39, 0.29) is 11.8 Å². The molecule has 1 rings (SSSR count). The zero-order valence-electron chi connectivity index (χ0n) is 13.7. The van der Waals surface area contributed by atoms with Gasteiger partial charge in [-0.25, -0.2) is 0 Å². The van der Waals surface area contributed by atoms with Crippen molar-refractivity contribution in [1.29, 1.82) is 0 Å². The Morgan fingerprint density at radius 2 is 1.60 bits per heavy atom. The first-order valence-corrected chi connectivity index (χ1v) is 8.09. The summed E-state index contributed by atoms with van der Waals surface area (Å²) in [6, 6.07) is 10.5. The van der Waals surface area contributed by atoms with Crippen LogP contribution in [0.15, 0.2) is 30.3 Å². The molecule has 0 aliphatic heterocycles. The van der Waals surface area contributed by atoms with Gasteiger partial charge in [0.15, 0.2) is 0 Å². The van der Waals surface area contributed by atoms with Crippen molar-refractivity contribution < 1.29 is 4.79 Å². The molecule has 1 aromatic rings. The average molecular weight is 274 g/mol. The van der Waals surface area contributed by atoms with Gasteiger partial charge in [0.2, 0.25) is 0 Å². The van der Waals surface area contributed by atoms with Crippen LogP contribution in [0.2, 0.25) is 0 Å². The summed E-state index contributed by atoms with van der Waals surface area (Å²) in [5.74, 6) is 1.70. The van der Waals surface area contributed by atoms with Crippen LogP contribution in [0.1, 0.15) is 65.4 Å². The maximum absolute atomic E-state index is 12.7. The molecule has 1 heteroatoms.